The number of nitrogens with one attached hydrogen (secondary N) is 1. The summed E-state index contributed by atoms with van der Waals surface area (Å²) in [6, 6.07) is 21.7. The van der Waals surface area contributed by atoms with Crippen LogP contribution in [0.2, 0.25) is 0 Å². The molecular formula is C24H17IN2O4S. The highest BCUT2D eigenvalue weighted by molar-refractivity contribution is 14.1. The maximum absolute atomic E-state index is 13.2. The average Bonchev–Trinajstić information content (AvgIpc) is 2.78. The van der Waals surface area contributed by atoms with E-state index in [4.69, 9.17) is 21.7 Å². The van der Waals surface area contributed by atoms with Gasteiger partial charge >= 0.3 is 0 Å². The molecule has 160 valence electrons. The van der Waals surface area contributed by atoms with Gasteiger partial charge in [-0.05, 0) is 95.0 Å². The highest BCUT2D eigenvalue weighted by Gasteiger charge is 2.34. The number of amides is 2. The first kappa shape index (κ1) is 22.0. The van der Waals surface area contributed by atoms with E-state index in [2.05, 4.69) is 27.9 Å². The molecule has 32 heavy (non-hydrogen) atoms. The van der Waals surface area contributed by atoms with Crippen molar-refractivity contribution in [2.24, 2.45) is 0 Å². The van der Waals surface area contributed by atoms with Gasteiger partial charge in [0.15, 0.2) is 5.11 Å². The maximum Gasteiger partial charge on any atom is 0.270 e. The first-order valence-electron chi connectivity index (χ1n) is 9.54. The van der Waals surface area contributed by atoms with E-state index in [1.165, 1.54) is 4.90 Å². The number of carbonyl (C=O) groups is 2. The van der Waals surface area contributed by atoms with Gasteiger partial charge in [-0.3, -0.25) is 19.8 Å². The van der Waals surface area contributed by atoms with Crippen molar-refractivity contribution in [1.29, 1.82) is 0 Å². The molecule has 0 spiro atoms. The number of benzene rings is 3. The predicted molar refractivity (Wildman–Crippen MR) is 135 cm³/mol. The van der Waals surface area contributed by atoms with Gasteiger partial charge in [0.25, 0.3) is 11.8 Å². The summed E-state index contributed by atoms with van der Waals surface area (Å²) in [5.41, 5.74) is 1.22. The fourth-order valence-corrected chi connectivity index (χ4v) is 4.16. The maximum atomic E-state index is 13.2. The summed E-state index contributed by atoms with van der Waals surface area (Å²) in [6.45, 7) is 0. The van der Waals surface area contributed by atoms with Crippen molar-refractivity contribution < 1.29 is 19.1 Å². The molecule has 1 heterocycles. The molecule has 2 amide bonds. The molecule has 1 aliphatic heterocycles. The molecule has 1 N–H and O–H groups in total. The first-order chi connectivity index (χ1) is 15.5. The summed E-state index contributed by atoms with van der Waals surface area (Å²) in [5.74, 6) is 1.000. The zero-order valence-corrected chi connectivity index (χ0v) is 19.8. The van der Waals surface area contributed by atoms with Crippen LogP contribution in [0.1, 0.15) is 5.56 Å². The number of nitrogens with zero attached hydrogens (tertiary/aromatic N) is 1. The highest BCUT2D eigenvalue weighted by atomic mass is 127. The molecule has 1 aliphatic rings. The molecule has 3 aromatic rings. The van der Waals surface area contributed by atoms with Crippen LogP contribution in [0.25, 0.3) is 6.08 Å². The smallest absolute Gasteiger partial charge is 0.270 e. The van der Waals surface area contributed by atoms with Gasteiger partial charge in [-0.1, -0.05) is 24.3 Å². The Morgan fingerprint density at radius 3 is 2.31 bits per heavy atom. The van der Waals surface area contributed by atoms with E-state index in [1.54, 1.807) is 49.6 Å². The summed E-state index contributed by atoms with van der Waals surface area (Å²) in [7, 11) is 1.59. The summed E-state index contributed by atoms with van der Waals surface area (Å²) in [6.07, 6.45) is 1.54. The van der Waals surface area contributed by atoms with Crippen LogP contribution in [0.15, 0.2) is 78.4 Å². The quantitative estimate of drug-likeness (QED) is 0.209. The van der Waals surface area contributed by atoms with Crippen LogP contribution < -0.4 is 19.7 Å². The third-order valence-corrected chi connectivity index (χ3v) is 5.79. The van der Waals surface area contributed by atoms with E-state index < -0.39 is 11.8 Å². The van der Waals surface area contributed by atoms with Gasteiger partial charge < -0.3 is 9.47 Å². The van der Waals surface area contributed by atoms with Gasteiger partial charge in [0.1, 0.15) is 22.8 Å². The van der Waals surface area contributed by atoms with Crippen LogP contribution >= 0.6 is 34.8 Å². The largest absolute Gasteiger partial charge is 0.496 e. The number of halogens is 1. The molecule has 0 aliphatic carbocycles. The molecule has 0 saturated carbocycles. The number of ether oxygens (including phenoxy) is 2. The average molecular weight is 556 g/mol. The van der Waals surface area contributed by atoms with Crippen LogP contribution in [0.5, 0.6) is 17.2 Å². The van der Waals surface area contributed by atoms with E-state index in [0.29, 0.717) is 28.5 Å². The minimum Gasteiger partial charge on any atom is -0.496 e. The number of thiocarbonyl (C=S) groups is 1. The molecule has 0 atom stereocenters. The lowest BCUT2D eigenvalue weighted by Gasteiger charge is -2.29. The summed E-state index contributed by atoms with van der Waals surface area (Å²) < 4.78 is 11.9. The van der Waals surface area contributed by atoms with E-state index in [9.17, 15) is 9.59 Å². The SMILES string of the molecule is COc1ccc(/C=C2\C(=O)NC(=S)N(c3ccc(Oc4ccccc4)cc3)C2=O)cc1I. The van der Waals surface area contributed by atoms with Crippen molar-refractivity contribution in [3.8, 4) is 17.2 Å². The number of anilines is 1. The number of carbonyl (C=O) groups excluding carboxylic acids is 2. The van der Waals surface area contributed by atoms with Crippen molar-refractivity contribution in [1.82, 2.24) is 5.32 Å². The molecule has 6 nitrogen and oxygen atoms in total. The van der Waals surface area contributed by atoms with Crippen molar-refractivity contribution in [3.05, 3.63) is 87.5 Å². The van der Waals surface area contributed by atoms with Crippen LogP contribution in [0.4, 0.5) is 5.69 Å². The Kier molecular flexibility index (Phi) is 6.52. The minimum absolute atomic E-state index is 0.0100. The molecule has 1 saturated heterocycles. The molecule has 4 rings (SSSR count). The second-order valence-electron chi connectivity index (χ2n) is 6.76. The van der Waals surface area contributed by atoms with E-state index in [-0.39, 0.29) is 10.7 Å². The molecular weight excluding hydrogens is 539 g/mol. The van der Waals surface area contributed by atoms with E-state index in [1.807, 2.05) is 36.4 Å². The number of hydrogen-bond donors (Lipinski definition) is 1. The zero-order chi connectivity index (χ0) is 22.7. The van der Waals surface area contributed by atoms with E-state index >= 15 is 0 Å². The molecule has 0 aromatic heterocycles. The molecule has 0 bridgehead atoms. The summed E-state index contributed by atoms with van der Waals surface area (Å²) >= 11 is 7.40. The topological polar surface area (TPSA) is 67.9 Å². The fraction of sp³-hybridized carbons (Fsp3) is 0.0417. The summed E-state index contributed by atoms with van der Waals surface area (Å²) in [5, 5.41) is 2.62. The molecule has 3 aromatic carbocycles. The lowest BCUT2D eigenvalue weighted by atomic mass is 10.1. The normalized spacial score (nSPS) is 15.0. The molecule has 0 radical (unpaired) electrons. The van der Waals surface area contributed by atoms with Gasteiger partial charge in [0.05, 0.1) is 16.4 Å². The number of rotatable bonds is 5. The Balaban J connectivity index is 1.60. The molecule has 1 fully saturated rings. The van der Waals surface area contributed by atoms with Crippen LogP contribution in [0, 0.1) is 3.57 Å². The third kappa shape index (κ3) is 4.66. The second kappa shape index (κ2) is 9.49. The van der Waals surface area contributed by atoms with Gasteiger partial charge in [-0.2, -0.15) is 0 Å². The Hall–Kier alpha value is -3.24. The van der Waals surface area contributed by atoms with Crippen LogP contribution in [-0.2, 0) is 9.59 Å². The number of hydrogen-bond acceptors (Lipinski definition) is 5. The first-order valence-corrected chi connectivity index (χ1v) is 11.0. The van der Waals surface area contributed by atoms with Crippen molar-refractivity contribution in [2.45, 2.75) is 0 Å². The Labute approximate surface area is 204 Å². The van der Waals surface area contributed by atoms with Gasteiger partial charge in [-0.15, -0.1) is 0 Å². The van der Waals surface area contributed by atoms with E-state index in [0.717, 1.165) is 3.57 Å². The van der Waals surface area contributed by atoms with Gasteiger partial charge in [-0.25, -0.2) is 0 Å². The van der Waals surface area contributed by atoms with Crippen molar-refractivity contribution >= 4 is 63.5 Å². The second-order valence-corrected chi connectivity index (χ2v) is 8.31. The minimum atomic E-state index is -0.536. The van der Waals surface area contributed by atoms with Crippen LogP contribution in [-0.4, -0.2) is 24.0 Å². The number of methoxy groups -OCH3 is 1. The molecule has 0 unspecified atom stereocenters. The monoisotopic (exact) mass is 556 g/mol. The predicted octanol–water partition coefficient (Wildman–Crippen LogP) is 4.92. The Morgan fingerprint density at radius 1 is 0.969 bits per heavy atom. The lowest BCUT2D eigenvalue weighted by Crippen LogP contribution is -2.54. The van der Waals surface area contributed by atoms with Gasteiger partial charge in [0.2, 0.25) is 0 Å². The standard InChI is InChI=1S/C24H17IN2O4S/c1-30-21-12-7-15(14-20(21)25)13-19-22(28)26-24(32)27(23(19)29)16-8-10-18(11-9-16)31-17-5-3-2-4-6-17/h2-14H,1H3,(H,26,28,32)/b19-13+. The Morgan fingerprint density at radius 2 is 1.66 bits per heavy atom. The van der Waals surface area contributed by atoms with Crippen molar-refractivity contribution in [2.75, 3.05) is 12.0 Å². The summed E-state index contributed by atoms with van der Waals surface area (Å²) in [4.78, 5) is 27.0. The Bertz CT molecular complexity index is 1230. The zero-order valence-electron chi connectivity index (χ0n) is 16.9. The van der Waals surface area contributed by atoms with Gasteiger partial charge in [0, 0.05) is 0 Å². The van der Waals surface area contributed by atoms with Crippen LogP contribution in [0.3, 0.4) is 0 Å². The third-order valence-electron chi connectivity index (χ3n) is 4.66. The highest BCUT2D eigenvalue weighted by Crippen LogP contribution is 2.28. The van der Waals surface area contributed by atoms with Crippen molar-refractivity contribution in [3.63, 3.8) is 0 Å². The number of para-hydroxylation sites is 1. The lowest BCUT2D eigenvalue weighted by molar-refractivity contribution is -0.122. The fourth-order valence-electron chi connectivity index (χ4n) is 3.12. The molecule has 8 heteroatoms.